The molecule has 0 saturated carbocycles. The number of carbonyl (C=O) groups is 1. The molecule has 4 nitrogen and oxygen atoms in total. The predicted molar refractivity (Wildman–Crippen MR) is 67.9 cm³/mol. The average molecular weight is 242 g/mol. The number of benzene rings is 1. The van der Waals surface area contributed by atoms with E-state index < -0.39 is 0 Å². The maximum absolute atomic E-state index is 12.3. The quantitative estimate of drug-likeness (QED) is 0.775. The molecule has 0 bridgehead atoms. The van der Waals surface area contributed by atoms with E-state index in [0.29, 0.717) is 28.4 Å². The maximum Gasteiger partial charge on any atom is 0.196 e. The Balaban J connectivity index is 2.41. The number of carbonyl (C=O) groups excluding carboxylic acids is 1. The molecule has 0 unspecified atom stereocenters. The number of aryl methyl sites for hydroxylation is 2. The molecule has 1 aromatic heterocycles. The largest absolute Gasteiger partial charge is 0.497 e. The van der Waals surface area contributed by atoms with Crippen molar-refractivity contribution in [3.8, 4) is 5.75 Å². The van der Waals surface area contributed by atoms with Gasteiger partial charge in [-0.1, -0.05) is 12.1 Å². The van der Waals surface area contributed by atoms with Gasteiger partial charge < -0.3 is 4.74 Å². The van der Waals surface area contributed by atoms with Crippen LogP contribution in [-0.4, -0.2) is 22.9 Å². The molecule has 1 aromatic carbocycles. The molecule has 0 saturated heterocycles. The first kappa shape index (κ1) is 12.2. The molecule has 0 aliphatic rings. The van der Waals surface area contributed by atoms with Crippen LogP contribution in [0.3, 0.4) is 0 Å². The monoisotopic (exact) mass is 242 g/mol. The highest BCUT2D eigenvalue weighted by Crippen LogP contribution is 2.17. The first-order valence-electron chi connectivity index (χ1n) is 5.61. The zero-order valence-electron chi connectivity index (χ0n) is 10.6. The van der Waals surface area contributed by atoms with Crippen molar-refractivity contribution in [1.29, 1.82) is 0 Å². The van der Waals surface area contributed by atoms with E-state index in [1.807, 2.05) is 6.92 Å². The van der Waals surface area contributed by atoms with Crippen molar-refractivity contribution in [3.05, 3.63) is 53.1 Å². The van der Waals surface area contributed by atoms with Crippen molar-refractivity contribution < 1.29 is 9.53 Å². The molecule has 18 heavy (non-hydrogen) atoms. The van der Waals surface area contributed by atoms with Crippen LogP contribution >= 0.6 is 0 Å². The molecule has 1 heterocycles. The zero-order valence-corrected chi connectivity index (χ0v) is 10.6. The zero-order chi connectivity index (χ0) is 13.1. The molecule has 2 aromatic rings. The van der Waals surface area contributed by atoms with Crippen LogP contribution in [0.15, 0.2) is 30.5 Å². The van der Waals surface area contributed by atoms with Gasteiger partial charge in [0.25, 0.3) is 0 Å². The number of hydrogen-bond donors (Lipinski definition) is 0. The van der Waals surface area contributed by atoms with Gasteiger partial charge in [-0.2, -0.15) is 0 Å². The highest BCUT2D eigenvalue weighted by molar-refractivity contribution is 6.09. The predicted octanol–water partition coefficient (Wildman–Crippen LogP) is 2.33. The highest BCUT2D eigenvalue weighted by Gasteiger charge is 2.13. The molecule has 0 aliphatic carbocycles. The first-order valence-corrected chi connectivity index (χ1v) is 5.61. The van der Waals surface area contributed by atoms with Crippen LogP contribution in [0.25, 0.3) is 0 Å². The molecule has 92 valence electrons. The Labute approximate surface area is 106 Å². The number of hydrogen-bond acceptors (Lipinski definition) is 4. The van der Waals surface area contributed by atoms with Gasteiger partial charge in [0.1, 0.15) is 11.6 Å². The van der Waals surface area contributed by atoms with Crippen molar-refractivity contribution >= 4 is 5.78 Å². The number of ketones is 1. The van der Waals surface area contributed by atoms with E-state index >= 15 is 0 Å². The van der Waals surface area contributed by atoms with Crippen LogP contribution < -0.4 is 4.74 Å². The van der Waals surface area contributed by atoms with Crippen molar-refractivity contribution in [2.75, 3.05) is 7.11 Å². The molecule has 0 amide bonds. The Morgan fingerprint density at radius 1 is 1.28 bits per heavy atom. The third kappa shape index (κ3) is 2.37. The van der Waals surface area contributed by atoms with Gasteiger partial charge in [-0.15, -0.1) is 0 Å². The number of methoxy groups -OCH3 is 1. The summed E-state index contributed by atoms with van der Waals surface area (Å²) in [5.74, 6) is 1.23. The summed E-state index contributed by atoms with van der Waals surface area (Å²) >= 11 is 0. The topological polar surface area (TPSA) is 52.1 Å². The summed E-state index contributed by atoms with van der Waals surface area (Å²) in [5, 5.41) is 0. The molecule has 4 heteroatoms. The Kier molecular flexibility index (Phi) is 3.37. The Bertz CT molecular complexity index is 594. The fourth-order valence-electron chi connectivity index (χ4n) is 1.73. The Morgan fingerprint density at radius 2 is 2.06 bits per heavy atom. The molecule has 2 rings (SSSR count). The summed E-state index contributed by atoms with van der Waals surface area (Å²) in [6.07, 6.45) is 1.57. The van der Waals surface area contributed by atoms with E-state index in [0.717, 1.165) is 0 Å². The lowest BCUT2D eigenvalue weighted by Crippen LogP contribution is -2.07. The number of nitrogens with zero attached hydrogens (tertiary/aromatic N) is 2. The molecule has 0 aliphatic heterocycles. The van der Waals surface area contributed by atoms with Crippen molar-refractivity contribution in [3.63, 3.8) is 0 Å². The number of rotatable bonds is 3. The van der Waals surface area contributed by atoms with Gasteiger partial charge in [-0.05, 0) is 26.0 Å². The molecule has 0 radical (unpaired) electrons. The van der Waals surface area contributed by atoms with Gasteiger partial charge in [0.05, 0.1) is 18.4 Å². The van der Waals surface area contributed by atoms with Gasteiger partial charge in [-0.25, -0.2) is 9.97 Å². The third-order valence-corrected chi connectivity index (χ3v) is 2.68. The minimum atomic E-state index is -0.0913. The Hall–Kier alpha value is -2.23. The van der Waals surface area contributed by atoms with E-state index in [9.17, 15) is 4.79 Å². The van der Waals surface area contributed by atoms with E-state index in [2.05, 4.69) is 9.97 Å². The fraction of sp³-hybridized carbons (Fsp3) is 0.214. The van der Waals surface area contributed by atoms with Crippen LogP contribution in [0.4, 0.5) is 0 Å². The third-order valence-electron chi connectivity index (χ3n) is 2.68. The second-order valence-corrected chi connectivity index (χ2v) is 3.98. The summed E-state index contributed by atoms with van der Waals surface area (Å²) in [7, 11) is 1.57. The smallest absolute Gasteiger partial charge is 0.196 e. The van der Waals surface area contributed by atoms with E-state index in [1.54, 1.807) is 44.5 Å². The summed E-state index contributed by atoms with van der Waals surface area (Å²) < 4.78 is 5.11. The van der Waals surface area contributed by atoms with Crippen LogP contribution in [0.1, 0.15) is 27.4 Å². The van der Waals surface area contributed by atoms with Gasteiger partial charge >= 0.3 is 0 Å². The normalized spacial score (nSPS) is 10.2. The lowest BCUT2D eigenvalue weighted by atomic mass is 10.0. The minimum Gasteiger partial charge on any atom is -0.497 e. The van der Waals surface area contributed by atoms with Crippen LogP contribution in [0, 0.1) is 13.8 Å². The van der Waals surface area contributed by atoms with Crippen LogP contribution in [-0.2, 0) is 0 Å². The van der Waals surface area contributed by atoms with Crippen molar-refractivity contribution in [2.24, 2.45) is 0 Å². The van der Waals surface area contributed by atoms with E-state index in [4.69, 9.17) is 4.74 Å². The van der Waals surface area contributed by atoms with Gasteiger partial charge in [0.15, 0.2) is 5.78 Å². The number of aromatic nitrogens is 2. The van der Waals surface area contributed by atoms with E-state index in [-0.39, 0.29) is 5.78 Å². The number of ether oxygens (including phenoxy) is 1. The summed E-state index contributed by atoms with van der Waals surface area (Å²) in [6, 6.07) is 7.05. The van der Waals surface area contributed by atoms with Crippen LogP contribution in [0.2, 0.25) is 0 Å². The maximum atomic E-state index is 12.3. The summed E-state index contributed by atoms with van der Waals surface area (Å²) in [4.78, 5) is 20.6. The SMILES string of the molecule is COc1cccc(C(=O)c2cnc(C)nc2C)c1. The second kappa shape index (κ2) is 4.96. The van der Waals surface area contributed by atoms with Gasteiger partial charge in [-0.3, -0.25) is 4.79 Å². The lowest BCUT2D eigenvalue weighted by molar-refractivity contribution is 0.103. The molecule has 0 atom stereocenters. The summed E-state index contributed by atoms with van der Waals surface area (Å²) in [5.41, 5.74) is 1.79. The average Bonchev–Trinajstić information content (AvgIpc) is 2.38. The standard InChI is InChI=1S/C14H14N2O2/c1-9-13(8-15-10(2)16-9)14(17)11-5-4-6-12(7-11)18-3/h4-8H,1-3H3. The first-order chi connectivity index (χ1) is 8.61. The lowest BCUT2D eigenvalue weighted by Gasteiger charge is -2.06. The second-order valence-electron chi connectivity index (χ2n) is 3.98. The molecular weight excluding hydrogens is 228 g/mol. The van der Waals surface area contributed by atoms with Crippen LogP contribution in [0.5, 0.6) is 5.75 Å². The fourth-order valence-corrected chi connectivity index (χ4v) is 1.73. The summed E-state index contributed by atoms with van der Waals surface area (Å²) in [6.45, 7) is 3.61. The molecular formula is C14H14N2O2. The van der Waals surface area contributed by atoms with Gasteiger partial charge in [0.2, 0.25) is 0 Å². The van der Waals surface area contributed by atoms with Crippen molar-refractivity contribution in [2.45, 2.75) is 13.8 Å². The Morgan fingerprint density at radius 3 is 2.72 bits per heavy atom. The minimum absolute atomic E-state index is 0.0913. The van der Waals surface area contributed by atoms with E-state index in [1.165, 1.54) is 0 Å². The van der Waals surface area contributed by atoms with Crippen molar-refractivity contribution in [1.82, 2.24) is 9.97 Å². The highest BCUT2D eigenvalue weighted by atomic mass is 16.5. The van der Waals surface area contributed by atoms with Gasteiger partial charge in [0, 0.05) is 11.8 Å². The molecule has 0 spiro atoms. The molecule has 0 N–H and O–H groups in total. The molecule has 0 fully saturated rings.